The van der Waals surface area contributed by atoms with E-state index >= 15 is 0 Å². The molecule has 1 aromatic heterocycles. The number of nitrogens with zero attached hydrogens (tertiary/aromatic N) is 2. The molecule has 1 aliphatic carbocycles. The molecule has 6 heteroatoms. The minimum absolute atomic E-state index is 0.189. The van der Waals surface area contributed by atoms with E-state index in [9.17, 15) is 9.90 Å². The van der Waals surface area contributed by atoms with Crippen LogP contribution in [0.5, 0.6) is 0 Å². The molecule has 0 bridgehead atoms. The van der Waals surface area contributed by atoms with Gasteiger partial charge in [-0.1, -0.05) is 12.8 Å². The number of aromatic carboxylic acids is 1. The summed E-state index contributed by atoms with van der Waals surface area (Å²) in [4.78, 5) is 11.1. The van der Waals surface area contributed by atoms with Crippen LogP contribution in [0.3, 0.4) is 0 Å². The molecule has 2 atom stereocenters. The van der Waals surface area contributed by atoms with E-state index in [0.29, 0.717) is 12.2 Å². The molecule has 0 radical (unpaired) electrons. The quantitative estimate of drug-likeness (QED) is 0.733. The third kappa shape index (κ3) is 3.13. The monoisotopic (exact) mass is 267 g/mol. The number of carboxylic acid groups (broad SMARTS) is 1. The molecule has 0 aliphatic heterocycles. The van der Waals surface area contributed by atoms with Crippen molar-refractivity contribution in [2.24, 2.45) is 13.0 Å². The molecule has 1 heterocycles. The van der Waals surface area contributed by atoms with Crippen molar-refractivity contribution in [2.75, 3.05) is 6.61 Å². The van der Waals surface area contributed by atoms with Crippen molar-refractivity contribution in [1.82, 2.24) is 15.1 Å². The largest absolute Gasteiger partial charge is 0.478 e. The average molecular weight is 267 g/mol. The smallest absolute Gasteiger partial charge is 0.339 e. The van der Waals surface area contributed by atoms with Gasteiger partial charge in [0.05, 0.1) is 11.9 Å². The number of carboxylic acids is 1. The topological polar surface area (TPSA) is 87.4 Å². The van der Waals surface area contributed by atoms with Gasteiger partial charge in [0.15, 0.2) is 0 Å². The summed E-state index contributed by atoms with van der Waals surface area (Å²) < 4.78 is 1.59. The van der Waals surface area contributed by atoms with Crippen LogP contribution in [-0.2, 0) is 13.6 Å². The van der Waals surface area contributed by atoms with Gasteiger partial charge in [0.2, 0.25) is 0 Å². The number of aryl methyl sites for hydroxylation is 1. The summed E-state index contributed by atoms with van der Waals surface area (Å²) in [5, 5.41) is 25.8. The molecular formula is C13H21N3O3. The summed E-state index contributed by atoms with van der Waals surface area (Å²) in [5.74, 6) is -0.678. The van der Waals surface area contributed by atoms with Crippen LogP contribution in [0.2, 0.25) is 0 Å². The molecule has 3 N–H and O–H groups in total. The molecule has 1 fully saturated rings. The number of aliphatic hydroxyl groups excluding tert-OH is 1. The van der Waals surface area contributed by atoms with Gasteiger partial charge < -0.3 is 15.5 Å². The van der Waals surface area contributed by atoms with Gasteiger partial charge in [-0.25, -0.2) is 4.79 Å². The zero-order valence-electron chi connectivity index (χ0n) is 11.2. The summed E-state index contributed by atoms with van der Waals surface area (Å²) >= 11 is 0. The lowest BCUT2D eigenvalue weighted by Gasteiger charge is -2.31. The maximum absolute atomic E-state index is 11.1. The normalized spacial score (nSPS) is 23.5. The van der Waals surface area contributed by atoms with E-state index in [-0.39, 0.29) is 24.1 Å². The van der Waals surface area contributed by atoms with E-state index in [1.807, 2.05) is 0 Å². The highest BCUT2D eigenvalue weighted by Gasteiger charge is 2.25. The molecule has 0 saturated heterocycles. The standard InChI is InChI=1S/C13H21N3O3/c1-16-12(10(6-15-16)13(18)19)7-14-11-5-3-2-4-9(11)8-17/h6,9,11,14,17H,2-5,7-8H2,1H3,(H,18,19). The number of rotatable bonds is 5. The van der Waals surface area contributed by atoms with E-state index in [2.05, 4.69) is 10.4 Å². The molecule has 6 nitrogen and oxygen atoms in total. The fourth-order valence-corrected chi connectivity index (χ4v) is 2.77. The molecule has 0 spiro atoms. The van der Waals surface area contributed by atoms with Crippen molar-refractivity contribution in [1.29, 1.82) is 0 Å². The Balaban J connectivity index is 2.01. The van der Waals surface area contributed by atoms with E-state index in [0.717, 1.165) is 25.7 Å². The van der Waals surface area contributed by atoms with Crippen LogP contribution in [0.25, 0.3) is 0 Å². The predicted octanol–water partition coefficient (Wildman–Crippen LogP) is 0.759. The lowest BCUT2D eigenvalue weighted by Crippen LogP contribution is -2.40. The van der Waals surface area contributed by atoms with Gasteiger partial charge in [-0.15, -0.1) is 0 Å². The van der Waals surface area contributed by atoms with Gasteiger partial charge >= 0.3 is 5.97 Å². The Hall–Kier alpha value is -1.40. The molecule has 2 unspecified atom stereocenters. The summed E-state index contributed by atoms with van der Waals surface area (Å²) in [6.45, 7) is 0.661. The van der Waals surface area contributed by atoms with Gasteiger partial charge in [-0.2, -0.15) is 5.10 Å². The summed E-state index contributed by atoms with van der Waals surface area (Å²) in [6, 6.07) is 0.260. The lowest BCUT2D eigenvalue weighted by molar-refractivity contribution is 0.0695. The second-order valence-electron chi connectivity index (χ2n) is 5.15. The highest BCUT2D eigenvalue weighted by molar-refractivity contribution is 5.88. The summed E-state index contributed by atoms with van der Waals surface area (Å²) in [6.07, 6.45) is 5.77. The first-order chi connectivity index (χ1) is 9.13. The van der Waals surface area contributed by atoms with Gasteiger partial charge in [-0.3, -0.25) is 4.68 Å². The Morgan fingerprint density at radius 3 is 2.95 bits per heavy atom. The first kappa shape index (κ1) is 14.0. The number of aromatic nitrogens is 2. The van der Waals surface area contributed by atoms with Crippen molar-refractivity contribution < 1.29 is 15.0 Å². The van der Waals surface area contributed by atoms with E-state index in [4.69, 9.17) is 5.11 Å². The highest BCUT2D eigenvalue weighted by atomic mass is 16.4. The van der Waals surface area contributed by atoms with Crippen LogP contribution in [0.4, 0.5) is 0 Å². The zero-order valence-corrected chi connectivity index (χ0v) is 11.2. The molecule has 0 aromatic carbocycles. The van der Waals surface area contributed by atoms with Gasteiger partial charge in [0.25, 0.3) is 0 Å². The van der Waals surface area contributed by atoms with Crippen LogP contribution in [-0.4, -0.2) is 38.6 Å². The molecule has 1 aliphatic rings. The van der Waals surface area contributed by atoms with Gasteiger partial charge in [-0.05, 0) is 18.8 Å². The number of carbonyl (C=O) groups is 1. The van der Waals surface area contributed by atoms with Crippen LogP contribution < -0.4 is 5.32 Å². The lowest BCUT2D eigenvalue weighted by atomic mass is 9.85. The Labute approximate surface area is 112 Å². The fourth-order valence-electron chi connectivity index (χ4n) is 2.77. The third-order valence-electron chi connectivity index (χ3n) is 3.97. The molecule has 1 saturated carbocycles. The Kier molecular flexibility index (Phi) is 4.55. The molecule has 19 heavy (non-hydrogen) atoms. The zero-order chi connectivity index (χ0) is 13.8. The van der Waals surface area contributed by atoms with Crippen molar-refractivity contribution in [3.63, 3.8) is 0 Å². The van der Waals surface area contributed by atoms with Gasteiger partial charge in [0.1, 0.15) is 5.56 Å². The number of hydrogen-bond acceptors (Lipinski definition) is 4. The first-order valence-corrected chi connectivity index (χ1v) is 6.72. The van der Waals surface area contributed by atoms with Crippen molar-refractivity contribution in [3.8, 4) is 0 Å². The van der Waals surface area contributed by atoms with E-state index < -0.39 is 5.97 Å². The predicted molar refractivity (Wildman–Crippen MR) is 69.8 cm³/mol. The van der Waals surface area contributed by atoms with Crippen molar-refractivity contribution in [2.45, 2.75) is 38.3 Å². The van der Waals surface area contributed by atoms with Crippen molar-refractivity contribution in [3.05, 3.63) is 17.5 Å². The SMILES string of the molecule is Cn1ncc(C(=O)O)c1CNC1CCCCC1CO. The number of nitrogens with one attached hydrogen (secondary N) is 1. The number of hydrogen-bond donors (Lipinski definition) is 3. The third-order valence-corrected chi connectivity index (χ3v) is 3.97. The van der Waals surface area contributed by atoms with Crippen LogP contribution in [0, 0.1) is 5.92 Å². The molecule has 2 rings (SSSR count). The minimum atomic E-state index is -0.952. The fraction of sp³-hybridized carbons (Fsp3) is 0.692. The minimum Gasteiger partial charge on any atom is -0.478 e. The van der Waals surface area contributed by atoms with E-state index in [1.165, 1.54) is 6.20 Å². The van der Waals surface area contributed by atoms with Crippen LogP contribution in [0.1, 0.15) is 41.7 Å². The molecular weight excluding hydrogens is 246 g/mol. The highest BCUT2D eigenvalue weighted by Crippen LogP contribution is 2.24. The Morgan fingerprint density at radius 2 is 2.26 bits per heavy atom. The Morgan fingerprint density at radius 1 is 1.53 bits per heavy atom. The molecule has 1 aromatic rings. The van der Waals surface area contributed by atoms with Gasteiger partial charge in [0, 0.05) is 26.2 Å². The average Bonchev–Trinajstić information content (AvgIpc) is 2.78. The molecule has 106 valence electrons. The Bertz CT molecular complexity index is 444. The van der Waals surface area contributed by atoms with Crippen molar-refractivity contribution >= 4 is 5.97 Å². The first-order valence-electron chi connectivity index (χ1n) is 6.72. The summed E-state index contributed by atoms with van der Waals surface area (Å²) in [5.41, 5.74) is 0.918. The maximum atomic E-state index is 11.1. The second kappa shape index (κ2) is 6.16. The molecule has 0 amide bonds. The number of aliphatic hydroxyl groups is 1. The second-order valence-corrected chi connectivity index (χ2v) is 5.15. The van der Waals surface area contributed by atoms with Crippen LogP contribution >= 0.6 is 0 Å². The summed E-state index contributed by atoms with van der Waals surface area (Å²) in [7, 11) is 1.74. The van der Waals surface area contributed by atoms with Crippen LogP contribution in [0.15, 0.2) is 6.20 Å². The van der Waals surface area contributed by atoms with E-state index in [1.54, 1.807) is 11.7 Å². The maximum Gasteiger partial charge on any atom is 0.339 e.